The van der Waals surface area contributed by atoms with Crippen LogP contribution in [0.4, 0.5) is 4.79 Å². The van der Waals surface area contributed by atoms with Gasteiger partial charge in [0.05, 0.1) is 11.7 Å². The maximum atomic E-state index is 12.3. The zero-order valence-corrected chi connectivity index (χ0v) is 18.3. The second kappa shape index (κ2) is 7.74. The summed E-state index contributed by atoms with van der Waals surface area (Å²) >= 11 is 0. The minimum atomic E-state index is -0.485. The van der Waals surface area contributed by atoms with Gasteiger partial charge in [-0.15, -0.1) is 10.2 Å². The molecule has 0 unspecified atom stereocenters. The number of likely N-dealkylation sites (tertiary alicyclic amines) is 1. The van der Waals surface area contributed by atoms with Crippen LogP contribution in [0.2, 0.25) is 0 Å². The normalized spacial score (nSPS) is 15.9. The Morgan fingerprint density at radius 2 is 1.93 bits per heavy atom. The Bertz CT molecular complexity index is 1040. The molecule has 8 nitrogen and oxygen atoms in total. The van der Waals surface area contributed by atoms with E-state index in [1.54, 1.807) is 4.90 Å². The average Bonchev–Trinajstić information content (AvgIpc) is 3.33. The summed E-state index contributed by atoms with van der Waals surface area (Å²) in [5.41, 5.74) is 1.45. The molecular weight excluding hydrogens is 382 g/mol. The number of fused-ring (bicyclic) bond motifs is 1. The van der Waals surface area contributed by atoms with Gasteiger partial charge >= 0.3 is 6.09 Å². The molecule has 0 atom stereocenters. The van der Waals surface area contributed by atoms with Crippen molar-refractivity contribution >= 4 is 17.0 Å². The Morgan fingerprint density at radius 3 is 2.60 bits per heavy atom. The Kier molecular flexibility index (Phi) is 5.26. The number of ether oxygens (including phenoxy) is 1. The molecule has 0 aliphatic carbocycles. The molecule has 1 saturated heterocycles. The lowest BCUT2D eigenvalue weighted by Crippen LogP contribution is -2.41. The molecule has 30 heavy (non-hydrogen) atoms. The quantitative estimate of drug-likeness (QED) is 0.616. The molecule has 1 fully saturated rings. The number of aromatic nitrogens is 4. The third kappa shape index (κ3) is 4.17. The van der Waals surface area contributed by atoms with E-state index in [2.05, 4.69) is 29.1 Å². The molecule has 160 valence electrons. The van der Waals surface area contributed by atoms with Crippen LogP contribution in [0.15, 0.2) is 28.8 Å². The van der Waals surface area contributed by atoms with Gasteiger partial charge in [-0.2, -0.15) is 5.10 Å². The highest BCUT2D eigenvalue weighted by molar-refractivity contribution is 5.83. The molecule has 1 aliphatic heterocycles. The highest BCUT2D eigenvalue weighted by Crippen LogP contribution is 2.31. The fraction of sp³-hybridized carbons (Fsp3) is 0.545. The van der Waals surface area contributed by atoms with Crippen molar-refractivity contribution in [1.82, 2.24) is 24.9 Å². The van der Waals surface area contributed by atoms with E-state index >= 15 is 0 Å². The number of carbonyl (C=O) groups is 1. The summed E-state index contributed by atoms with van der Waals surface area (Å²) in [5.74, 6) is 1.29. The zero-order valence-electron chi connectivity index (χ0n) is 18.3. The lowest BCUT2D eigenvalue weighted by Gasteiger charge is -2.32. The first-order chi connectivity index (χ1) is 14.2. The predicted molar refractivity (Wildman–Crippen MR) is 113 cm³/mol. The van der Waals surface area contributed by atoms with Crippen LogP contribution in [0, 0.1) is 0 Å². The molecule has 4 rings (SSSR count). The highest BCUT2D eigenvalue weighted by atomic mass is 16.6. The van der Waals surface area contributed by atoms with Crippen molar-refractivity contribution in [3.8, 4) is 11.5 Å². The molecule has 3 aromatic rings. The van der Waals surface area contributed by atoms with Gasteiger partial charge in [-0.3, -0.25) is 4.68 Å². The number of carbonyl (C=O) groups excluding carboxylic acids is 1. The van der Waals surface area contributed by atoms with E-state index < -0.39 is 5.60 Å². The standard InChI is InChI=1S/C22H29N5O3/c1-14(2)27-18-12-16(6-7-17(18)13-23-27)20-25-24-19(29-20)15-8-10-26(11-9-15)21(28)30-22(3,4)5/h6-7,12-15H,8-11H2,1-5H3. The summed E-state index contributed by atoms with van der Waals surface area (Å²) in [6.07, 6.45) is 3.17. The van der Waals surface area contributed by atoms with E-state index in [0.717, 1.165) is 29.3 Å². The van der Waals surface area contributed by atoms with E-state index in [-0.39, 0.29) is 18.1 Å². The number of rotatable bonds is 3. The molecule has 2 aromatic heterocycles. The molecule has 8 heteroatoms. The van der Waals surface area contributed by atoms with Crippen molar-refractivity contribution in [3.05, 3.63) is 30.3 Å². The molecule has 0 spiro atoms. The monoisotopic (exact) mass is 411 g/mol. The summed E-state index contributed by atoms with van der Waals surface area (Å²) in [6, 6.07) is 6.33. The molecule has 0 N–H and O–H groups in total. The van der Waals surface area contributed by atoms with Crippen molar-refractivity contribution in [2.24, 2.45) is 0 Å². The summed E-state index contributed by atoms with van der Waals surface area (Å²) in [7, 11) is 0. The number of hydrogen-bond acceptors (Lipinski definition) is 6. The molecule has 0 bridgehead atoms. The Hall–Kier alpha value is -2.90. The van der Waals surface area contributed by atoms with E-state index in [1.807, 2.05) is 49.8 Å². The van der Waals surface area contributed by atoms with Crippen LogP contribution in [0.25, 0.3) is 22.4 Å². The second-order valence-corrected chi connectivity index (χ2v) is 9.14. The lowest BCUT2D eigenvalue weighted by atomic mass is 9.97. The van der Waals surface area contributed by atoms with Crippen LogP contribution in [-0.4, -0.2) is 49.7 Å². The summed E-state index contributed by atoms with van der Waals surface area (Å²) in [6.45, 7) is 11.1. The Balaban J connectivity index is 1.46. The summed E-state index contributed by atoms with van der Waals surface area (Å²) in [4.78, 5) is 14.0. The number of piperidine rings is 1. The van der Waals surface area contributed by atoms with E-state index in [4.69, 9.17) is 9.15 Å². The van der Waals surface area contributed by atoms with Gasteiger partial charge in [-0.1, -0.05) is 6.07 Å². The number of amides is 1. The molecule has 3 heterocycles. The van der Waals surface area contributed by atoms with E-state index in [1.165, 1.54) is 0 Å². The van der Waals surface area contributed by atoms with Gasteiger partial charge < -0.3 is 14.1 Å². The Morgan fingerprint density at radius 1 is 1.20 bits per heavy atom. The topological polar surface area (TPSA) is 86.3 Å². The lowest BCUT2D eigenvalue weighted by molar-refractivity contribution is 0.0199. The molecule has 0 saturated carbocycles. The third-order valence-electron chi connectivity index (χ3n) is 5.27. The number of nitrogens with zero attached hydrogens (tertiary/aromatic N) is 5. The van der Waals surface area contributed by atoms with Gasteiger partial charge in [0.2, 0.25) is 11.8 Å². The van der Waals surface area contributed by atoms with Crippen molar-refractivity contribution in [1.29, 1.82) is 0 Å². The van der Waals surface area contributed by atoms with Crippen LogP contribution in [0.1, 0.15) is 65.3 Å². The van der Waals surface area contributed by atoms with Gasteiger partial charge in [-0.05, 0) is 59.6 Å². The van der Waals surface area contributed by atoms with Crippen LogP contribution >= 0.6 is 0 Å². The largest absolute Gasteiger partial charge is 0.444 e. The third-order valence-corrected chi connectivity index (χ3v) is 5.27. The maximum absolute atomic E-state index is 12.3. The average molecular weight is 412 g/mol. The number of hydrogen-bond donors (Lipinski definition) is 0. The van der Waals surface area contributed by atoms with Gasteiger partial charge in [0.15, 0.2) is 0 Å². The smallest absolute Gasteiger partial charge is 0.410 e. The zero-order chi connectivity index (χ0) is 21.5. The second-order valence-electron chi connectivity index (χ2n) is 9.14. The molecular formula is C22H29N5O3. The first kappa shape index (κ1) is 20.4. The maximum Gasteiger partial charge on any atom is 0.410 e. The molecule has 1 aliphatic rings. The van der Waals surface area contributed by atoms with Crippen LogP contribution in [0.5, 0.6) is 0 Å². The first-order valence-electron chi connectivity index (χ1n) is 10.5. The highest BCUT2D eigenvalue weighted by Gasteiger charge is 2.30. The molecule has 1 amide bonds. The van der Waals surface area contributed by atoms with Crippen molar-refractivity contribution in [2.45, 2.75) is 65.0 Å². The van der Waals surface area contributed by atoms with Crippen molar-refractivity contribution in [2.75, 3.05) is 13.1 Å². The van der Waals surface area contributed by atoms with Gasteiger partial charge in [0.1, 0.15) is 5.60 Å². The van der Waals surface area contributed by atoms with Crippen molar-refractivity contribution < 1.29 is 13.9 Å². The Labute approximate surface area is 176 Å². The van der Waals surface area contributed by atoms with Crippen molar-refractivity contribution in [3.63, 3.8) is 0 Å². The SMILES string of the molecule is CC(C)n1ncc2ccc(-c3nnc(C4CCN(C(=O)OC(C)(C)C)CC4)o3)cc21. The van der Waals surface area contributed by atoms with Crippen LogP contribution < -0.4 is 0 Å². The van der Waals surface area contributed by atoms with Gasteiger partial charge in [0, 0.05) is 36.0 Å². The first-order valence-corrected chi connectivity index (χ1v) is 10.5. The minimum absolute atomic E-state index is 0.148. The number of benzene rings is 1. The van der Waals surface area contributed by atoms with Crippen LogP contribution in [-0.2, 0) is 4.74 Å². The van der Waals surface area contributed by atoms with Crippen LogP contribution in [0.3, 0.4) is 0 Å². The predicted octanol–water partition coefficient (Wildman–Crippen LogP) is 4.78. The summed E-state index contributed by atoms with van der Waals surface area (Å²) < 4.78 is 13.5. The summed E-state index contributed by atoms with van der Waals surface area (Å²) in [5, 5.41) is 14.1. The van der Waals surface area contributed by atoms with E-state index in [9.17, 15) is 4.79 Å². The fourth-order valence-corrected chi connectivity index (χ4v) is 3.73. The minimum Gasteiger partial charge on any atom is -0.444 e. The van der Waals surface area contributed by atoms with Gasteiger partial charge in [-0.25, -0.2) is 4.79 Å². The molecule has 1 aromatic carbocycles. The molecule has 0 radical (unpaired) electrons. The van der Waals surface area contributed by atoms with Gasteiger partial charge in [0.25, 0.3) is 0 Å². The van der Waals surface area contributed by atoms with E-state index in [0.29, 0.717) is 24.9 Å². The fourth-order valence-electron chi connectivity index (χ4n) is 3.73.